The van der Waals surface area contributed by atoms with Gasteiger partial charge in [0.2, 0.25) is 5.91 Å². The number of carboxylic acids is 1. The Morgan fingerprint density at radius 2 is 1.60 bits per heavy atom. The topological polar surface area (TPSA) is 102 Å². The third kappa shape index (κ3) is 4.57. The van der Waals surface area contributed by atoms with E-state index in [1.165, 1.54) is 32.4 Å². The highest BCUT2D eigenvalue weighted by molar-refractivity contribution is 6.11. The summed E-state index contributed by atoms with van der Waals surface area (Å²) in [5.41, 5.74) is 0.565. The largest absolute Gasteiger partial charge is 0.497 e. The molecule has 0 saturated heterocycles. The molecule has 0 aliphatic rings. The van der Waals surface area contributed by atoms with Crippen molar-refractivity contribution in [2.45, 2.75) is 6.42 Å². The number of ether oxygens (including phenoxy) is 2. The normalized spacial score (nSPS) is 10.0. The summed E-state index contributed by atoms with van der Waals surface area (Å²) in [6.45, 7) is 0. The van der Waals surface area contributed by atoms with Crippen LogP contribution in [0.5, 0.6) is 11.5 Å². The van der Waals surface area contributed by atoms with Crippen molar-refractivity contribution in [2.75, 3.05) is 19.5 Å². The van der Waals surface area contributed by atoms with Gasteiger partial charge >= 0.3 is 5.97 Å². The SMILES string of the molecule is COc1ccc(C(=O)CC(=O)Nc2cc(C(=O)O)ccc2OC)cc1. The van der Waals surface area contributed by atoms with E-state index in [-0.39, 0.29) is 23.5 Å². The van der Waals surface area contributed by atoms with Crippen molar-refractivity contribution in [2.24, 2.45) is 0 Å². The summed E-state index contributed by atoms with van der Waals surface area (Å²) >= 11 is 0. The molecule has 130 valence electrons. The molecule has 0 unspecified atom stereocenters. The molecular formula is C18H17NO6. The van der Waals surface area contributed by atoms with Gasteiger partial charge in [-0.2, -0.15) is 0 Å². The van der Waals surface area contributed by atoms with Crippen LogP contribution in [0.15, 0.2) is 42.5 Å². The van der Waals surface area contributed by atoms with Crippen LogP contribution >= 0.6 is 0 Å². The number of carbonyl (C=O) groups is 3. The minimum atomic E-state index is -1.13. The lowest BCUT2D eigenvalue weighted by molar-refractivity contribution is -0.115. The van der Waals surface area contributed by atoms with Crippen LogP contribution in [0.2, 0.25) is 0 Å². The van der Waals surface area contributed by atoms with Gasteiger partial charge < -0.3 is 19.9 Å². The third-order valence-corrected chi connectivity index (χ3v) is 3.45. The van der Waals surface area contributed by atoms with Gasteiger partial charge in [0, 0.05) is 5.56 Å². The quantitative estimate of drug-likeness (QED) is 0.592. The zero-order valence-corrected chi connectivity index (χ0v) is 13.7. The number of hydrogen-bond acceptors (Lipinski definition) is 5. The fourth-order valence-corrected chi connectivity index (χ4v) is 2.16. The standard InChI is InChI=1S/C18H17NO6/c1-24-13-6-3-11(4-7-13)15(20)10-17(21)19-14-9-12(18(22)23)5-8-16(14)25-2/h3-9H,10H2,1-2H3,(H,19,21)(H,22,23). The number of aromatic carboxylic acids is 1. The van der Waals surface area contributed by atoms with Gasteiger partial charge in [0.05, 0.1) is 31.9 Å². The first kappa shape index (κ1) is 18.0. The zero-order chi connectivity index (χ0) is 18.4. The van der Waals surface area contributed by atoms with Crippen molar-refractivity contribution < 1.29 is 29.0 Å². The number of anilines is 1. The fourth-order valence-electron chi connectivity index (χ4n) is 2.16. The van der Waals surface area contributed by atoms with Crippen molar-refractivity contribution in [3.8, 4) is 11.5 Å². The molecule has 25 heavy (non-hydrogen) atoms. The van der Waals surface area contributed by atoms with Crippen molar-refractivity contribution in [3.05, 3.63) is 53.6 Å². The second kappa shape index (κ2) is 7.96. The summed E-state index contributed by atoms with van der Waals surface area (Å²) in [6.07, 6.45) is -0.382. The number of ketones is 1. The van der Waals surface area contributed by atoms with E-state index in [1.54, 1.807) is 24.3 Å². The zero-order valence-electron chi connectivity index (χ0n) is 13.7. The molecular weight excluding hydrogens is 326 g/mol. The van der Waals surface area contributed by atoms with Crippen LogP contribution in [-0.2, 0) is 4.79 Å². The third-order valence-electron chi connectivity index (χ3n) is 3.45. The molecule has 2 rings (SSSR count). The first-order chi connectivity index (χ1) is 11.9. The molecule has 0 bridgehead atoms. The number of carboxylic acid groups (broad SMARTS) is 1. The predicted octanol–water partition coefficient (Wildman–Crippen LogP) is 2.61. The van der Waals surface area contributed by atoms with Crippen LogP contribution in [0, 0.1) is 0 Å². The summed E-state index contributed by atoms with van der Waals surface area (Å²) in [7, 11) is 2.91. The van der Waals surface area contributed by atoms with Crippen LogP contribution in [-0.4, -0.2) is 37.0 Å². The highest BCUT2D eigenvalue weighted by atomic mass is 16.5. The van der Waals surface area contributed by atoms with Gasteiger partial charge in [-0.05, 0) is 42.5 Å². The predicted molar refractivity (Wildman–Crippen MR) is 90.5 cm³/mol. The second-order valence-corrected chi connectivity index (χ2v) is 5.10. The highest BCUT2D eigenvalue weighted by Gasteiger charge is 2.15. The summed E-state index contributed by atoms with van der Waals surface area (Å²) in [4.78, 5) is 35.3. The number of rotatable bonds is 7. The fraction of sp³-hybridized carbons (Fsp3) is 0.167. The Bertz CT molecular complexity index is 798. The first-order valence-electron chi connectivity index (χ1n) is 7.33. The summed E-state index contributed by atoms with van der Waals surface area (Å²) in [6, 6.07) is 10.5. The van der Waals surface area contributed by atoms with E-state index in [0.717, 1.165) is 0 Å². The van der Waals surface area contributed by atoms with Crippen LogP contribution in [0.1, 0.15) is 27.1 Å². The van der Waals surface area contributed by atoms with Crippen molar-refractivity contribution in [1.82, 2.24) is 0 Å². The molecule has 2 N–H and O–H groups in total. The van der Waals surface area contributed by atoms with E-state index < -0.39 is 11.9 Å². The second-order valence-electron chi connectivity index (χ2n) is 5.10. The van der Waals surface area contributed by atoms with E-state index in [9.17, 15) is 14.4 Å². The molecule has 0 heterocycles. The summed E-state index contributed by atoms with van der Waals surface area (Å²) in [5.74, 6) is -1.16. The lowest BCUT2D eigenvalue weighted by atomic mass is 10.1. The highest BCUT2D eigenvalue weighted by Crippen LogP contribution is 2.26. The maximum Gasteiger partial charge on any atom is 0.335 e. The lowest BCUT2D eigenvalue weighted by Crippen LogP contribution is -2.17. The average molecular weight is 343 g/mol. The number of nitrogens with one attached hydrogen (secondary N) is 1. The number of methoxy groups -OCH3 is 2. The molecule has 1 amide bonds. The maximum atomic E-state index is 12.1. The van der Waals surface area contributed by atoms with Crippen LogP contribution in [0.3, 0.4) is 0 Å². The van der Waals surface area contributed by atoms with Crippen LogP contribution in [0.25, 0.3) is 0 Å². The Balaban J connectivity index is 2.09. The molecule has 7 nitrogen and oxygen atoms in total. The van der Waals surface area contributed by atoms with Gasteiger partial charge in [-0.3, -0.25) is 9.59 Å². The van der Waals surface area contributed by atoms with E-state index in [2.05, 4.69) is 5.32 Å². The molecule has 0 aromatic heterocycles. The van der Waals surface area contributed by atoms with Gasteiger partial charge in [0.1, 0.15) is 11.5 Å². The van der Waals surface area contributed by atoms with Crippen molar-refractivity contribution >= 4 is 23.3 Å². The number of benzene rings is 2. The minimum absolute atomic E-state index is 0.00224. The van der Waals surface area contributed by atoms with E-state index >= 15 is 0 Å². The van der Waals surface area contributed by atoms with E-state index in [1.807, 2.05) is 0 Å². The Morgan fingerprint density at radius 3 is 2.16 bits per heavy atom. The van der Waals surface area contributed by atoms with Gasteiger partial charge in [-0.15, -0.1) is 0 Å². The summed E-state index contributed by atoms with van der Waals surface area (Å²) in [5, 5.41) is 11.5. The smallest absolute Gasteiger partial charge is 0.335 e. The van der Waals surface area contributed by atoms with E-state index in [4.69, 9.17) is 14.6 Å². The van der Waals surface area contributed by atoms with Crippen molar-refractivity contribution in [1.29, 1.82) is 0 Å². The number of carbonyl (C=O) groups excluding carboxylic acids is 2. The van der Waals surface area contributed by atoms with E-state index in [0.29, 0.717) is 17.1 Å². The molecule has 2 aromatic rings. The van der Waals surface area contributed by atoms with Gasteiger partial charge in [0.25, 0.3) is 0 Å². The summed E-state index contributed by atoms with van der Waals surface area (Å²) < 4.78 is 10.1. The number of Topliss-reactive ketones (excluding diaryl/α,β-unsaturated/α-hetero) is 1. The Labute approximate surface area is 144 Å². The maximum absolute atomic E-state index is 12.1. The van der Waals surface area contributed by atoms with Gasteiger partial charge in [-0.25, -0.2) is 4.79 Å². The van der Waals surface area contributed by atoms with Gasteiger partial charge in [0.15, 0.2) is 5.78 Å². The molecule has 0 saturated carbocycles. The molecule has 0 aliphatic carbocycles. The molecule has 0 fully saturated rings. The molecule has 7 heteroatoms. The van der Waals surface area contributed by atoms with Crippen molar-refractivity contribution in [3.63, 3.8) is 0 Å². The van der Waals surface area contributed by atoms with Gasteiger partial charge in [-0.1, -0.05) is 0 Å². The Morgan fingerprint density at radius 1 is 0.960 bits per heavy atom. The monoisotopic (exact) mass is 343 g/mol. The molecule has 0 radical (unpaired) electrons. The molecule has 0 spiro atoms. The van der Waals surface area contributed by atoms with Crippen LogP contribution in [0.4, 0.5) is 5.69 Å². The van der Waals surface area contributed by atoms with Crippen LogP contribution < -0.4 is 14.8 Å². The Kier molecular flexibility index (Phi) is 5.73. The molecule has 0 atom stereocenters. The first-order valence-corrected chi connectivity index (χ1v) is 7.33. The average Bonchev–Trinajstić information content (AvgIpc) is 2.61. The number of amides is 1. The lowest BCUT2D eigenvalue weighted by Gasteiger charge is -2.11. The minimum Gasteiger partial charge on any atom is -0.497 e. The molecule has 0 aliphatic heterocycles. The Hall–Kier alpha value is -3.35. The number of hydrogen-bond donors (Lipinski definition) is 2. The molecule has 2 aromatic carbocycles.